The van der Waals surface area contributed by atoms with E-state index < -0.39 is 14.0 Å². The Kier molecular flexibility index (Phi) is 13.4. The zero-order chi connectivity index (χ0) is 48.3. The van der Waals surface area contributed by atoms with E-state index in [0.29, 0.717) is 28.0 Å². The van der Waals surface area contributed by atoms with Gasteiger partial charge in [-0.25, -0.2) is 8.78 Å². The Labute approximate surface area is 419 Å². The monoisotopic (exact) mass is 1110 g/mol. The number of aryl methyl sites for hydroxylation is 2. The van der Waals surface area contributed by atoms with Crippen molar-refractivity contribution < 1.29 is 30.3 Å². The Morgan fingerprint density at radius 2 is 1.47 bits per heavy atom. The maximum Gasteiger partial charge on any atom is 0.129 e. The largest absolute Gasteiger partial charge is 0.332 e. The third-order valence-corrected chi connectivity index (χ3v) is 15.6. The summed E-state index contributed by atoms with van der Waals surface area (Å²) < 4.78 is 42.3. The van der Waals surface area contributed by atoms with Crippen LogP contribution in [0.4, 0.5) is 8.78 Å². The summed E-state index contributed by atoms with van der Waals surface area (Å²) in [6.07, 6.45) is 1.98. The van der Waals surface area contributed by atoms with E-state index in [1.807, 2.05) is 94.6 Å². The molecule has 0 aliphatic carbocycles. The van der Waals surface area contributed by atoms with Crippen LogP contribution in [0.5, 0.6) is 0 Å². The number of rotatable bonds is 7. The van der Waals surface area contributed by atoms with Gasteiger partial charge in [0.2, 0.25) is 0 Å². The van der Waals surface area contributed by atoms with E-state index in [1.165, 1.54) is 11.3 Å². The Balaban J connectivity index is 0.000000257. The molecule has 68 heavy (non-hydrogen) atoms. The molecule has 0 bridgehead atoms. The van der Waals surface area contributed by atoms with Gasteiger partial charge >= 0.3 is 0 Å². The molecule has 345 valence electrons. The van der Waals surface area contributed by atoms with Crippen molar-refractivity contribution in [1.29, 1.82) is 0 Å². The SMILES string of the molecule is Cc1cc(-c2ccc3c(c2)sc2c(-c4nc5ccc(F)cc5n4-c4c(-c5ccccc5)cccc4C(C)(C)C)[c-]ccc23)cc(C)c1F.[2H]C(C)(C)c1cc(-c2[c-]cccc2)ncc1[Si](C)(C)C.[Ir]. The van der Waals surface area contributed by atoms with Crippen molar-refractivity contribution in [3.05, 3.63) is 192 Å². The summed E-state index contributed by atoms with van der Waals surface area (Å²) in [5, 5.41) is 3.52. The van der Waals surface area contributed by atoms with Crippen LogP contribution in [0.2, 0.25) is 19.6 Å². The fourth-order valence-electron chi connectivity index (χ4n) is 9.05. The molecule has 10 rings (SSSR count). The van der Waals surface area contributed by atoms with E-state index >= 15 is 4.39 Å². The second-order valence-electron chi connectivity index (χ2n) is 19.7. The maximum absolute atomic E-state index is 15.1. The number of aromatic nitrogens is 3. The fraction of sp³-hybridized carbons (Fsp3) is 0.200. The number of hydrogen-bond donors (Lipinski definition) is 0. The predicted molar refractivity (Wildman–Crippen MR) is 283 cm³/mol. The number of para-hydroxylation sites is 1. The van der Waals surface area contributed by atoms with E-state index in [-0.39, 0.29) is 37.2 Å². The molecule has 0 unspecified atom stereocenters. The van der Waals surface area contributed by atoms with Crippen LogP contribution in [-0.4, -0.2) is 22.6 Å². The van der Waals surface area contributed by atoms with Crippen LogP contribution < -0.4 is 5.19 Å². The number of fused-ring (bicyclic) bond motifs is 4. The fourth-order valence-corrected chi connectivity index (χ4v) is 11.9. The van der Waals surface area contributed by atoms with Crippen LogP contribution in [0.1, 0.15) is 64.1 Å². The minimum atomic E-state index is -1.50. The smallest absolute Gasteiger partial charge is 0.129 e. The molecule has 0 saturated heterocycles. The molecule has 3 aromatic heterocycles. The quantitative estimate of drug-likeness (QED) is 0.118. The normalized spacial score (nSPS) is 12.2. The summed E-state index contributed by atoms with van der Waals surface area (Å²) in [6.45, 7) is 21.0. The summed E-state index contributed by atoms with van der Waals surface area (Å²) >= 11 is 1.70. The van der Waals surface area contributed by atoms with E-state index in [4.69, 9.17) is 6.35 Å². The van der Waals surface area contributed by atoms with E-state index in [0.717, 1.165) is 76.1 Å². The van der Waals surface area contributed by atoms with E-state index in [2.05, 4.69) is 123 Å². The zero-order valence-corrected chi connectivity index (χ0v) is 44.4. The van der Waals surface area contributed by atoms with Crippen LogP contribution in [-0.2, 0) is 25.5 Å². The molecule has 7 aromatic carbocycles. The minimum absolute atomic E-state index is 0. The first-order chi connectivity index (χ1) is 32.3. The molecule has 0 saturated carbocycles. The first kappa shape index (κ1) is 47.2. The van der Waals surface area contributed by atoms with Gasteiger partial charge in [0.1, 0.15) is 11.6 Å². The molecule has 10 aromatic rings. The Morgan fingerprint density at radius 1 is 0.735 bits per heavy atom. The standard InChI is InChI=1S/C43H33F2N2S.C17H22NSi.Ir/c1-25-21-29(22-26(2)39(25)45)28-17-19-32-33-14-9-15-34(41(33)48-38(32)23-28)42-46-36-20-18-30(44)24-37(36)47(42)40-31(27-11-7-6-8-12-27)13-10-16-35(40)43(3,4)5;1-13(2)15-11-16(14-9-7-6-8-10-14)18-12-17(15)19(3,4)5;/h6-14,16-24H,1-5H3;6-9,11-13H,1-5H3;/q2*-1;/i;13D;. The molecule has 0 atom stereocenters. The number of thiophene rings is 1. The van der Waals surface area contributed by atoms with E-state index in [9.17, 15) is 4.39 Å². The van der Waals surface area contributed by atoms with Gasteiger partial charge < -0.3 is 9.55 Å². The van der Waals surface area contributed by atoms with Crippen LogP contribution in [0.15, 0.2) is 146 Å². The molecule has 1 radical (unpaired) electrons. The molecule has 0 N–H and O–H groups in total. The average molecular weight is 1110 g/mol. The Hall–Kier alpha value is -5.89. The van der Waals surface area contributed by atoms with Gasteiger partial charge in [-0.1, -0.05) is 138 Å². The van der Waals surface area contributed by atoms with Crippen LogP contribution in [0, 0.1) is 37.6 Å². The number of benzene rings is 7. The second kappa shape index (κ2) is 19.2. The maximum atomic E-state index is 15.1. The molecule has 0 aliphatic rings. The van der Waals surface area contributed by atoms with Crippen molar-refractivity contribution in [2.45, 2.75) is 79.4 Å². The summed E-state index contributed by atoms with van der Waals surface area (Å²) in [7, 11) is -1.50. The Morgan fingerprint density at radius 3 is 2.15 bits per heavy atom. The summed E-state index contributed by atoms with van der Waals surface area (Å²) in [5.74, 6) is -0.366. The van der Waals surface area contributed by atoms with Crippen molar-refractivity contribution in [1.82, 2.24) is 14.5 Å². The van der Waals surface area contributed by atoms with Gasteiger partial charge in [0.05, 0.1) is 30.6 Å². The molecular formula is C60H55F2IrN3SSi-2. The number of halogens is 2. The van der Waals surface area contributed by atoms with Crippen molar-refractivity contribution in [2.75, 3.05) is 0 Å². The number of hydrogen-bond acceptors (Lipinski definition) is 3. The average Bonchev–Trinajstić information content (AvgIpc) is 3.88. The molecule has 3 nitrogen and oxygen atoms in total. The van der Waals surface area contributed by atoms with Gasteiger partial charge in [-0.05, 0) is 116 Å². The van der Waals surface area contributed by atoms with Crippen LogP contribution in [0.25, 0.3) is 81.8 Å². The minimum Gasteiger partial charge on any atom is -0.332 e. The molecule has 8 heteroatoms. The number of pyridine rings is 1. The molecule has 3 heterocycles. The Bertz CT molecular complexity index is 3490. The first-order valence-electron chi connectivity index (χ1n) is 23.3. The number of nitrogens with zero attached hydrogens (tertiary/aromatic N) is 3. The topological polar surface area (TPSA) is 30.7 Å². The summed E-state index contributed by atoms with van der Waals surface area (Å²) in [6, 6.07) is 52.6. The third kappa shape index (κ3) is 9.44. The van der Waals surface area contributed by atoms with Gasteiger partial charge in [0, 0.05) is 37.9 Å². The van der Waals surface area contributed by atoms with Crippen LogP contribution in [0.3, 0.4) is 0 Å². The van der Waals surface area contributed by atoms with Crippen molar-refractivity contribution in [3.8, 4) is 50.6 Å². The van der Waals surface area contributed by atoms with Gasteiger partial charge in [-0.3, -0.25) is 4.98 Å². The van der Waals surface area contributed by atoms with Crippen LogP contribution >= 0.6 is 11.3 Å². The van der Waals surface area contributed by atoms with Gasteiger partial charge in [0.25, 0.3) is 0 Å². The number of imidazole rings is 1. The van der Waals surface area contributed by atoms with E-state index in [1.54, 1.807) is 23.5 Å². The molecular weight excluding hydrogens is 1050 g/mol. The summed E-state index contributed by atoms with van der Waals surface area (Å²) in [5.41, 5.74) is 12.6. The molecule has 0 spiro atoms. The third-order valence-electron chi connectivity index (χ3n) is 12.4. The predicted octanol–water partition coefficient (Wildman–Crippen LogP) is 16.6. The van der Waals surface area contributed by atoms with Gasteiger partial charge in [-0.2, -0.15) is 11.3 Å². The van der Waals surface area contributed by atoms with Crippen molar-refractivity contribution in [3.63, 3.8) is 0 Å². The van der Waals surface area contributed by atoms with Crippen molar-refractivity contribution >= 4 is 55.8 Å². The molecule has 0 fully saturated rings. The zero-order valence-electron chi connectivity index (χ0n) is 41.2. The first-order valence-corrected chi connectivity index (χ1v) is 27.1. The van der Waals surface area contributed by atoms with Gasteiger partial charge in [0.15, 0.2) is 0 Å². The molecule has 0 amide bonds. The van der Waals surface area contributed by atoms with Crippen molar-refractivity contribution in [2.24, 2.45) is 0 Å². The molecule has 0 aliphatic heterocycles. The second-order valence-corrected chi connectivity index (χ2v) is 25.8. The van der Waals surface area contributed by atoms with Gasteiger partial charge in [-0.15, -0.1) is 54.1 Å². The summed E-state index contributed by atoms with van der Waals surface area (Å²) in [4.78, 5) is 9.82.